The van der Waals surface area contributed by atoms with E-state index in [9.17, 15) is 9.59 Å². The van der Waals surface area contributed by atoms with Gasteiger partial charge in [0.05, 0.1) is 0 Å². The summed E-state index contributed by atoms with van der Waals surface area (Å²) in [5.41, 5.74) is 2.25. The molecule has 3 N–H and O–H groups in total. The standard InChI is InChI=1S/C15H16N6O3S/c1-7-4-5-10(12-20-21-9(3)18-19-15(21)25-12)6-11(7)17-14(24)16-8(2)13(22)23/h4-6,8H,1-3H3,(H,22,23)(H2,16,17,24). The molecule has 1 atom stereocenters. The van der Waals surface area contributed by atoms with Gasteiger partial charge in [-0.3, -0.25) is 4.79 Å². The van der Waals surface area contributed by atoms with Crippen LogP contribution in [0.4, 0.5) is 10.5 Å². The second-order valence-corrected chi connectivity index (χ2v) is 6.49. The Kier molecular flexibility index (Phi) is 4.36. The molecular formula is C15H16N6O3S. The predicted molar refractivity (Wildman–Crippen MR) is 92.8 cm³/mol. The van der Waals surface area contributed by atoms with Crippen LogP contribution < -0.4 is 10.6 Å². The molecule has 2 amide bonds. The van der Waals surface area contributed by atoms with E-state index in [1.54, 1.807) is 10.6 Å². The summed E-state index contributed by atoms with van der Waals surface area (Å²) in [6, 6.07) is 4.00. The third kappa shape index (κ3) is 3.43. The van der Waals surface area contributed by atoms with Gasteiger partial charge in [-0.1, -0.05) is 23.5 Å². The fraction of sp³-hybridized carbons (Fsp3) is 0.267. The van der Waals surface area contributed by atoms with Gasteiger partial charge in [-0.25, -0.2) is 4.79 Å². The number of anilines is 1. The van der Waals surface area contributed by atoms with Gasteiger partial charge >= 0.3 is 12.0 Å². The van der Waals surface area contributed by atoms with E-state index >= 15 is 0 Å². The van der Waals surface area contributed by atoms with Gasteiger partial charge in [-0.2, -0.15) is 9.61 Å². The third-order valence-corrected chi connectivity index (χ3v) is 4.55. The zero-order valence-corrected chi connectivity index (χ0v) is 14.6. The average molecular weight is 360 g/mol. The molecule has 0 radical (unpaired) electrons. The number of amides is 2. The molecule has 2 heterocycles. The van der Waals surface area contributed by atoms with Crippen molar-refractivity contribution >= 4 is 34.0 Å². The normalized spacial score (nSPS) is 12.1. The van der Waals surface area contributed by atoms with E-state index in [4.69, 9.17) is 5.11 Å². The van der Waals surface area contributed by atoms with Gasteiger partial charge in [-0.15, -0.1) is 10.2 Å². The Morgan fingerprint density at radius 3 is 2.72 bits per heavy atom. The van der Waals surface area contributed by atoms with Gasteiger partial charge in [0.15, 0.2) is 5.82 Å². The van der Waals surface area contributed by atoms with Crippen LogP contribution in [0.1, 0.15) is 18.3 Å². The zero-order chi connectivity index (χ0) is 18.1. The number of carbonyl (C=O) groups is 2. The molecule has 0 aliphatic carbocycles. The molecule has 0 aliphatic heterocycles. The number of carboxylic acid groups (broad SMARTS) is 1. The second-order valence-electron chi connectivity index (χ2n) is 5.54. The number of nitrogens with one attached hydrogen (secondary N) is 2. The lowest BCUT2D eigenvalue weighted by Crippen LogP contribution is -2.40. The van der Waals surface area contributed by atoms with Crippen molar-refractivity contribution in [2.45, 2.75) is 26.8 Å². The van der Waals surface area contributed by atoms with Gasteiger partial charge in [0.25, 0.3) is 0 Å². The topological polar surface area (TPSA) is 122 Å². The maximum Gasteiger partial charge on any atom is 0.325 e. The summed E-state index contributed by atoms with van der Waals surface area (Å²) in [5, 5.41) is 27.1. The molecule has 2 aromatic heterocycles. The molecular weight excluding hydrogens is 344 g/mol. The summed E-state index contributed by atoms with van der Waals surface area (Å²) >= 11 is 1.39. The first-order chi connectivity index (χ1) is 11.8. The van der Waals surface area contributed by atoms with Gasteiger partial charge in [0, 0.05) is 11.3 Å². The highest BCUT2D eigenvalue weighted by atomic mass is 32.1. The minimum atomic E-state index is -1.10. The zero-order valence-electron chi connectivity index (χ0n) is 13.8. The fourth-order valence-electron chi connectivity index (χ4n) is 2.14. The van der Waals surface area contributed by atoms with Crippen LogP contribution in [0.2, 0.25) is 0 Å². The van der Waals surface area contributed by atoms with E-state index in [1.165, 1.54) is 18.3 Å². The third-order valence-electron chi connectivity index (χ3n) is 3.60. The number of aryl methyl sites for hydroxylation is 2. The van der Waals surface area contributed by atoms with Crippen LogP contribution in [0.3, 0.4) is 0 Å². The minimum absolute atomic E-state index is 0.579. The van der Waals surface area contributed by atoms with Crippen molar-refractivity contribution in [2.75, 3.05) is 5.32 Å². The number of carboxylic acids is 1. The second kappa shape index (κ2) is 6.48. The van der Waals surface area contributed by atoms with Crippen LogP contribution in [0.5, 0.6) is 0 Å². The first kappa shape index (κ1) is 16.8. The number of rotatable bonds is 4. The van der Waals surface area contributed by atoms with Gasteiger partial charge in [0.1, 0.15) is 11.0 Å². The molecule has 10 heteroatoms. The maximum atomic E-state index is 12.0. The summed E-state index contributed by atoms with van der Waals surface area (Å²) in [4.78, 5) is 23.5. The molecule has 9 nitrogen and oxygen atoms in total. The van der Waals surface area contributed by atoms with Crippen molar-refractivity contribution < 1.29 is 14.7 Å². The van der Waals surface area contributed by atoms with E-state index in [2.05, 4.69) is 25.9 Å². The lowest BCUT2D eigenvalue weighted by molar-refractivity contribution is -0.138. The first-order valence-corrected chi connectivity index (χ1v) is 8.27. The molecule has 0 bridgehead atoms. The van der Waals surface area contributed by atoms with E-state index < -0.39 is 18.0 Å². The number of aliphatic carboxylic acids is 1. The molecule has 0 saturated heterocycles. The number of carbonyl (C=O) groups excluding carboxylic acids is 1. The number of hydrogen-bond acceptors (Lipinski definition) is 6. The van der Waals surface area contributed by atoms with Crippen molar-refractivity contribution in [2.24, 2.45) is 0 Å². The largest absolute Gasteiger partial charge is 0.480 e. The SMILES string of the molecule is Cc1ccc(-c2nn3c(C)nnc3s2)cc1NC(=O)NC(C)C(=O)O. The maximum absolute atomic E-state index is 12.0. The Morgan fingerprint density at radius 1 is 1.28 bits per heavy atom. The van der Waals surface area contributed by atoms with Crippen LogP contribution in [-0.2, 0) is 4.79 Å². The number of fused-ring (bicyclic) bond motifs is 1. The van der Waals surface area contributed by atoms with Crippen molar-refractivity contribution in [3.05, 3.63) is 29.6 Å². The predicted octanol–water partition coefficient (Wildman–Crippen LogP) is 2.06. The Hall–Kier alpha value is -3.01. The molecule has 1 aromatic carbocycles. The van der Waals surface area contributed by atoms with Crippen molar-refractivity contribution in [1.82, 2.24) is 25.1 Å². The van der Waals surface area contributed by atoms with Gasteiger partial charge in [-0.05, 0) is 32.4 Å². The molecule has 1 unspecified atom stereocenters. The fourth-order valence-corrected chi connectivity index (χ4v) is 3.02. The number of aromatic nitrogens is 4. The molecule has 0 aliphatic rings. The lowest BCUT2D eigenvalue weighted by Gasteiger charge is -2.13. The number of nitrogens with zero attached hydrogens (tertiary/aromatic N) is 4. The lowest BCUT2D eigenvalue weighted by atomic mass is 10.1. The van der Waals surface area contributed by atoms with Crippen molar-refractivity contribution in [1.29, 1.82) is 0 Å². The quantitative estimate of drug-likeness (QED) is 0.655. The van der Waals surface area contributed by atoms with E-state index in [1.807, 2.05) is 26.0 Å². The minimum Gasteiger partial charge on any atom is -0.480 e. The first-order valence-electron chi connectivity index (χ1n) is 7.45. The number of urea groups is 1. The Labute approximate surface area is 146 Å². The smallest absolute Gasteiger partial charge is 0.325 e. The number of hydrogen-bond donors (Lipinski definition) is 3. The van der Waals surface area contributed by atoms with Crippen LogP contribution >= 0.6 is 11.3 Å². The highest BCUT2D eigenvalue weighted by Gasteiger charge is 2.16. The summed E-state index contributed by atoms with van der Waals surface area (Å²) < 4.78 is 1.66. The molecule has 0 saturated carbocycles. The summed E-state index contributed by atoms with van der Waals surface area (Å²) in [5.74, 6) is -0.402. The molecule has 3 rings (SSSR count). The monoisotopic (exact) mass is 360 g/mol. The van der Waals surface area contributed by atoms with Crippen LogP contribution in [0.25, 0.3) is 15.5 Å². The number of benzene rings is 1. The van der Waals surface area contributed by atoms with E-state index in [0.29, 0.717) is 16.5 Å². The Morgan fingerprint density at radius 2 is 2.04 bits per heavy atom. The van der Waals surface area contributed by atoms with Crippen LogP contribution in [0, 0.1) is 13.8 Å². The average Bonchev–Trinajstić information content (AvgIpc) is 3.12. The Balaban J connectivity index is 1.85. The highest BCUT2D eigenvalue weighted by molar-refractivity contribution is 7.19. The van der Waals surface area contributed by atoms with E-state index in [-0.39, 0.29) is 0 Å². The van der Waals surface area contributed by atoms with Crippen LogP contribution in [0.15, 0.2) is 18.2 Å². The summed E-state index contributed by atoms with van der Waals surface area (Å²) in [6.07, 6.45) is 0. The van der Waals surface area contributed by atoms with Gasteiger partial charge < -0.3 is 15.7 Å². The summed E-state index contributed by atoms with van der Waals surface area (Å²) in [7, 11) is 0. The molecule has 130 valence electrons. The van der Waals surface area contributed by atoms with Crippen molar-refractivity contribution in [3.8, 4) is 10.6 Å². The van der Waals surface area contributed by atoms with E-state index in [0.717, 1.165) is 16.1 Å². The van der Waals surface area contributed by atoms with Crippen molar-refractivity contribution in [3.63, 3.8) is 0 Å². The van der Waals surface area contributed by atoms with Gasteiger partial charge in [0.2, 0.25) is 4.96 Å². The molecule has 3 aromatic rings. The molecule has 0 spiro atoms. The van der Waals surface area contributed by atoms with Crippen LogP contribution in [-0.4, -0.2) is 43.0 Å². The molecule has 25 heavy (non-hydrogen) atoms. The molecule has 0 fully saturated rings. The Bertz CT molecular complexity index is 963. The summed E-state index contributed by atoms with van der Waals surface area (Å²) in [6.45, 7) is 5.06. The highest BCUT2D eigenvalue weighted by Crippen LogP contribution is 2.29.